The molecule has 6 N–H and O–H groups in total. The Labute approximate surface area is 94.6 Å². The van der Waals surface area contributed by atoms with E-state index in [1.807, 2.05) is 0 Å². The molecule has 0 saturated heterocycles. The van der Waals surface area contributed by atoms with Crippen LogP contribution >= 0.6 is 0 Å². The van der Waals surface area contributed by atoms with Crippen molar-refractivity contribution in [3.8, 4) is 0 Å². The second kappa shape index (κ2) is 6.89. The van der Waals surface area contributed by atoms with Crippen molar-refractivity contribution in [2.45, 2.75) is 31.7 Å². The second-order valence-corrected chi connectivity index (χ2v) is 3.67. The zero-order chi connectivity index (χ0) is 11.8. The molecule has 1 aliphatic carbocycles. The summed E-state index contributed by atoms with van der Waals surface area (Å²) in [6, 6.07) is 0.437. The van der Waals surface area contributed by atoms with Crippen molar-refractivity contribution < 1.29 is 9.53 Å². The van der Waals surface area contributed by atoms with Crippen LogP contribution in [0.25, 0.3) is 0 Å². The van der Waals surface area contributed by atoms with Crippen LogP contribution in [0.3, 0.4) is 0 Å². The van der Waals surface area contributed by atoms with E-state index in [1.165, 1.54) is 12.8 Å². The first-order valence-corrected chi connectivity index (χ1v) is 5.42. The summed E-state index contributed by atoms with van der Waals surface area (Å²) in [4.78, 5) is 14.4. The third-order valence-electron chi connectivity index (χ3n) is 2.44. The highest BCUT2D eigenvalue weighted by molar-refractivity contribution is 5.79. The lowest BCUT2D eigenvalue weighted by molar-refractivity contribution is 0.160. The van der Waals surface area contributed by atoms with Crippen LogP contribution in [0.4, 0.5) is 4.79 Å². The van der Waals surface area contributed by atoms with Crippen molar-refractivity contribution in [1.82, 2.24) is 10.7 Å². The molecule has 0 aromatic carbocycles. The summed E-state index contributed by atoms with van der Waals surface area (Å²) in [6.07, 6.45) is 3.96. The predicted molar refractivity (Wildman–Crippen MR) is 60.6 cm³/mol. The normalized spacial score (nSPS) is 17.2. The number of hydrogen-bond donors (Lipinski definition) is 4. The van der Waals surface area contributed by atoms with Crippen LogP contribution in [0, 0.1) is 0 Å². The average molecular weight is 229 g/mol. The maximum Gasteiger partial charge on any atom is 0.404 e. The summed E-state index contributed by atoms with van der Waals surface area (Å²) in [5.74, 6) is 5.84. The highest BCUT2D eigenvalue weighted by atomic mass is 16.5. The highest BCUT2D eigenvalue weighted by Gasteiger charge is 2.15. The molecule has 0 atom stereocenters. The molecule has 7 heteroatoms. The summed E-state index contributed by atoms with van der Waals surface area (Å²) in [5, 5.41) is 3.20. The first-order valence-electron chi connectivity index (χ1n) is 5.42. The largest absolute Gasteiger partial charge is 0.448 e. The van der Waals surface area contributed by atoms with Crippen LogP contribution in [0.1, 0.15) is 25.7 Å². The van der Waals surface area contributed by atoms with Gasteiger partial charge in [-0.1, -0.05) is 12.8 Å². The van der Waals surface area contributed by atoms with Gasteiger partial charge >= 0.3 is 6.09 Å². The van der Waals surface area contributed by atoms with Crippen molar-refractivity contribution >= 4 is 12.1 Å². The molecule has 1 aliphatic rings. The molecule has 0 spiro atoms. The molecular formula is C9H19N5O2. The molecule has 16 heavy (non-hydrogen) atoms. The van der Waals surface area contributed by atoms with Crippen LogP contribution in [-0.2, 0) is 4.74 Å². The molecule has 0 aromatic rings. The fourth-order valence-corrected chi connectivity index (χ4v) is 1.70. The number of carbonyl (C=O) groups excluding carboxylic acids is 1. The van der Waals surface area contributed by atoms with Crippen LogP contribution < -0.4 is 22.3 Å². The second-order valence-electron chi connectivity index (χ2n) is 3.67. The number of aliphatic imine (C=N–C) groups is 1. The van der Waals surface area contributed by atoms with Gasteiger partial charge in [-0.2, -0.15) is 0 Å². The maximum atomic E-state index is 10.3. The smallest absolute Gasteiger partial charge is 0.404 e. The van der Waals surface area contributed by atoms with Gasteiger partial charge in [0.25, 0.3) is 0 Å². The molecule has 0 heterocycles. The monoisotopic (exact) mass is 229 g/mol. The molecule has 0 unspecified atom stereocenters. The Kier molecular flexibility index (Phi) is 5.41. The third kappa shape index (κ3) is 4.83. The number of primary amides is 1. The molecule has 92 valence electrons. The van der Waals surface area contributed by atoms with Gasteiger partial charge in [0, 0.05) is 6.04 Å². The van der Waals surface area contributed by atoms with E-state index < -0.39 is 6.09 Å². The van der Waals surface area contributed by atoms with Gasteiger partial charge in [0.15, 0.2) is 0 Å². The number of nitrogens with one attached hydrogen (secondary N) is 2. The van der Waals surface area contributed by atoms with Gasteiger partial charge in [0.1, 0.15) is 6.61 Å². The van der Waals surface area contributed by atoms with Gasteiger partial charge < -0.3 is 15.8 Å². The van der Waals surface area contributed by atoms with E-state index in [-0.39, 0.29) is 6.61 Å². The fraction of sp³-hybridized carbons (Fsp3) is 0.778. The topological polar surface area (TPSA) is 115 Å². The highest BCUT2D eigenvalue weighted by Crippen LogP contribution is 2.17. The quantitative estimate of drug-likeness (QED) is 0.169. The van der Waals surface area contributed by atoms with Gasteiger partial charge in [-0.05, 0) is 12.8 Å². The molecular weight excluding hydrogens is 210 g/mol. The average Bonchev–Trinajstić information content (AvgIpc) is 2.75. The number of nitrogens with two attached hydrogens (primary N) is 2. The Morgan fingerprint density at radius 2 is 2.12 bits per heavy atom. The zero-order valence-electron chi connectivity index (χ0n) is 9.24. The first kappa shape index (κ1) is 12.6. The Morgan fingerprint density at radius 1 is 1.44 bits per heavy atom. The number of ether oxygens (including phenoxy) is 1. The van der Waals surface area contributed by atoms with E-state index in [4.69, 9.17) is 11.6 Å². The lowest BCUT2D eigenvalue weighted by Crippen LogP contribution is -2.45. The van der Waals surface area contributed by atoms with Crippen LogP contribution in [0.15, 0.2) is 4.99 Å². The van der Waals surface area contributed by atoms with E-state index in [0.29, 0.717) is 18.5 Å². The lowest BCUT2D eigenvalue weighted by atomic mass is 10.2. The predicted octanol–water partition coefficient (Wildman–Crippen LogP) is -0.567. The Balaban J connectivity index is 2.23. The minimum Gasteiger partial charge on any atom is -0.448 e. The summed E-state index contributed by atoms with van der Waals surface area (Å²) in [5.41, 5.74) is 7.29. The molecule has 0 aliphatic heterocycles. The molecule has 1 saturated carbocycles. The SMILES string of the molecule is NNC(=NCCOC(N)=O)NC1CCCC1. The van der Waals surface area contributed by atoms with Gasteiger partial charge in [0.2, 0.25) is 5.96 Å². The Bertz CT molecular complexity index is 250. The first-order chi connectivity index (χ1) is 7.72. The number of hydrogen-bond acceptors (Lipinski definition) is 4. The Morgan fingerprint density at radius 3 is 2.69 bits per heavy atom. The minimum absolute atomic E-state index is 0.160. The molecule has 7 nitrogen and oxygen atoms in total. The molecule has 1 rings (SSSR count). The summed E-state index contributed by atoms with van der Waals surface area (Å²) < 4.78 is 4.54. The van der Waals surface area contributed by atoms with Crippen molar-refractivity contribution in [3.05, 3.63) is 0 Å². The third-order valence-corrected chi connectivity index (χ3v) is 2.44. The van der Waals surface area contributed by atoms with Gasteiger partial charge in [-0.15, -0.1) is 0 Å². The fourth-order valence-electron chi connectivity index (χ4n) is 1.70. The number of carbonyl (C=O) groups is 1. The van der Waals surface area contributed by atoms with E-state index in [0.717, 1.165) is 12.8 Å². The van der Waals surface area contributed by atoms with Crippen molar-refractivity contribution in [2.24, 2.45) is 16.6 Å². The molecule has 0 radical (unpaired) electrons. The van der Waals surface area contributed by atoms with E-state index >= 15 is 0 Å². The molecule has 1 amide bonds. The summed E-state index contributed by atoms with van der Waals surface area (Å²) in [7, 11) is 0. The standard InChI is InChI=1S/C9H19N5O2/c10-8(15)16-6-5-12-9(14-11)13-7-3-1-2-4-7/h7H,1-6,11H2,(H2,10,15)(H2,12,13,14). The number of rotatable bonds is 4. The minimum atomic E-state index is -0.791. The maximum absolute atomic E-state index is 10.3. The molecule has 0 aromatic heterocycles. The summed E-state index contributed by atoms with van der Waals surface area (Å²) >= 11 is 0. The number of nitrogens with zero attached hydrogens (tertiary/aromatic N) is 1. The Hall–Kier alpha value is -1.50. The summed E-state index contributed by atoms with van der Waals surface area (Å²) in [6.45, 7) is 0.495. The molecule has 0 bridgehead atoms. The van der Waals surface area contributed by atoms with Gasteiger partial charge in [-0.25, -0.2) is 15.6 Å². The number of hydrazine groups is 1. The van der Waals surface area contributed by atoms with E-state index in [9.17, 15) is 4.79 Å². The van der Waals surface area contributed by atoms with Crippen LogP contribution in [0.2, 0.25) is 0 Å². The van der Waals surface area contributed by atoms with Gasteiger partial charge in [0.05, 0.1) is 6.54 Å². The van der Waals surface area contributed by atoms with Crippen molar-refractivity contribution in [3.63, 3.8) is 0 Å². The van der Waals surface area contributed by atoms with E-state index in [2.05, 4.69) is 20.5 Å². The number of guanidine groups is 1. The molecule has 1 fully saturated rings. The zero-order valence-corrected chi connectivity index (χ0v) is 9.24. The van der Waals surface area contributed by atoms with E-state index in [1.54, 1.807) is 0 Å². The van der Waals surface area contributed by atoms with Crippen molar-refractivity contribution in [1.29, 1.82) is 0 Å². The number of amides is 1. The van der Waals surface area contributed by atoms with Crippen LogP contribution in [0.5, 0.6) is 0 Å². The lowest BCUT2D eigenvalue weighted by Gasteiger charge is -2.14. The van der Waals surface area contributed by atoms with Crippen LogP contribution in [-0.4, -0.2) is 31.2 Å². The van der Waals surface area contributed by atoms with Gasteiger partial charge in [-0.3, -0.25) is 5.43 Å². The van der Waals surface area contributed by atoms with Crippen molar-refractivity contribution in [2.75, 3.05) is 13.2 Å².